The summed E-state index contributed by atoms with van der Waals surface area (Å²) < 4.78 is 32.0. The number of hydrogen-bond donors (Lipinski definition) is 2. The summed E-state index contributed by atoms with van der Waals surface area (Å²) in [5, 5.41) is 0. The molecule has 0 atom stereocenters. The average Bonchev–Trinajstić information content (AvgIpc) is 0.722. The van der Waals surface area contributed by atoms with Crippen molar-refractivity contribution < 1.29 is 30.5 Å². The molecule has 0 heterocycles. The zero-order valence-corrected chi connectivity index (χ0v) is 4.60. The normalized spacial score (nSPS) is 12.3. The average molecular weight is 296 g/mol. The molecule has 0 aliphatic rings. The van der Waals surface area contributed by atoms with Crippen LogP contribution in [0, 0.1) is 0 Å². The van der Waals surface area contributed by atoms with Crippen LogP contribution in [-0.4, -0.2) is 59.2 Å². The van der Waals surface area contributed by atoms with E-state index >= 15 is 0 Å². The maximum absolute atomic E-state index is 8.85. The first kappa shape index (κ1) is 10.7. The van der Waals surface area contributed by atoms with E-state index in [2.05, 4.69) is 0 Å². The molecular weight excluding hydrogens is 293 g/mol. The molecule has 36 valence electrons. The van der Waals surface area contributed by atoms with Gasteiger partial charge in [0, 0.05) is 0 Å². The predicted octanol–water partition coefficient (Wildman–Crippen LogP) is -2.00. The Balaban J connectivity index is 0. The Bertz CT molecular complexity index is 90.7. The maximum atomic E-state index is 8.85. The summed E-state index contributed by atoms with van der Waals surface area (Å²) in [4.78, 5) is 0. The minimum atomic E-state index is -5.56. The van der Waals surface area contributed by atoms with Crippen molar-refractivity contribution in [3.63, 3.8) is 0 Å². The van der Waals surface area contributed by atoms with Gasteiger partial charge in [-0.2, -0.15) is 0 Å². The Morgan fingerprint density at radius 1 is 1.17 bits per heavy atom. The second-order valence-electron chi connectivity index (χ2n) is 0.388. The van der Waals surface area contributed by atoms with E-state index in [0.717, 1.165) is 0 Å². The molecule has 0 saturated heterocycles. The summed E-state index contributed by atoms with van der Waals surface area (Å²) >= 11 is -5.56. The van der Waals surface area contributed by atoms with E-state index < -0.39 is 15.7 Å². The molecule has 0 spiro atoms. The van der Waals surface area contributed by atoms with Crippen LogP contribution in [0.5, 0.6) is 0 Å². The molecule has 4 nitrogen and oxygen atoms in total. The molecule has 0 rings (SSSR count). The standard InChI is InChI=1S/K.2H2O.2O.Os.H/h;2*1H2;;;;/q;;;;;+2;/p-2. The molecule has 0 aliphatic carbocycles. The van der Waals surface area contributed by atoms with Gasteiger partial charge in [0.1, 0.15) is 0 Å². The van der Waals surface area contributed by atoms with E-state index in [1.165, 1.54) is 0 Å². The van der Waals surface area contributed by atoms with Gasteiger partial charge in [0.15, 0.2) is 0 Å². The van der Waals surface area contributed by atoms with Crippen molar-refractivity contribution in [2.45, 2.75) is 0 Å². The third-order valence-electron chi connectivity index (χ3n) is 0. The fraction of sp³-hybridized carbons (Fsp3) is 0. The van der Waals surface area contributed by atoms with Crippen molar-refractivity contribution in [2.75, 3.05) is 0 Å². The molecule has 0 aromatic rings. The molecule has 0 amide bonds. The summed E-state index contributed by atoms with van der Waals surface area (Å²) in [5.41, 5.74) is 0. The van der Waals surface area contributed by atoms with Crippen molar-refractivity contribution in [3.05, 3.63) is 0 Å². The van der Waals surface area contributed by atoms with Gasteiger partial charge in [0.2, 0.25) is 0 Å². The van der Waals surface area contributed by atoms with E-state index in [4.69, 9.17) is 14.9 Å². The molecule has 0 aromatic heterocycles. The molecule has 6 heavy (non-hydrogen) atoms. The van der Waals surface area contributed by atoms with Crippen molar-refractivity contribution in [1.29, 1.82) is 0 Å². The van der Waals surface area contributed by atoms with Gasteiger partial charge in [-0.1, -0.05) is 0 Å². The quantitative estimate of drug-likeness (QED) is 0.507. The third kappa shape index (κ3) is 41.4. The molecule has 0 saturated carbocycles. The predicted molar refractivity (Wildman–Crippen MR) is 13.0 cm³/mol. The molecule has 0 aromatic carbocycles. The van der Waals surface area contributed by atoms with Crippen molar-refractivity contribution in [2.24, 2.45) is 0 Å². The van der Waals surface area contributed by atoms with Crippen LogP contribution >= 0.6 is 0 Å². The molecule has 0 aliphatic heterocycles. The van der Waals surface area contributed by atoms with Crippen LogP contribution in [0.3, 0.4) is 0 Å². The molecule has 2 N–H and O–H groups in total. The summed E-state index contributed by atoms with van der Waals surface area (Å²) in [6, 6.07) is 0. The Labute approximate surface area is 80.2 Å². The van der Waals surface area contributed by atoms with E-state index in [-0.39, 0.29) is 51.4 Å². The van der Waals surface area contributed by atoms with E-state index in [9.17, 15) is 0 Å². The molecule has 0 bridgehead atoms. The van der Waals surface area contributed by atoms with Crippen LogP contribution < -0.4 is 0 Å². The number of rotatable bonds is 0. The summed E-state index contributed by atoms with van der Waals surface area (Å²) in [6.07, 6.45) is 0. The molecule has 0 fully saturated rings. The molecule has 0 unspecified atom stereocenters. The molecule has 0 radical (unpaired) electrons. The van der Waals surface area contributed by atoms with Gasteiger partial charge in [-0.15, -0.1) is 0 Å². The van der Waals surface area contributed by atoms with E-state index in [1.807, 2.05) is 0 Å². The van der Waals surface area contributed by atoms with Gasteiger partial charge in [0.05, 0.1) is 0 Å². The van der Waals surface area contributed by atoms with Gasteiger partial charge in [-0.3, -0.25) is 0 Å². The van der Waals surface area contributed by atoms with Crippen LogP contribution in [0.1, 0.15) is 0 Å². The van der Waals surface area contributed by atoms with E-state index in [1.54, 1.807) is 0 Å². The summed E-state index contributed by atoms with van der Waals surface area (Å²) in [7, 11) is 0. The van der Waals surface area contributed by atoms with Gasteiger partial charge in [0.25, 0.3) is 0 Å². The van der Waals surface area contributed by atoms with Crippen molar-refractivity contribution in [1.82, 2.24) is 0 Å². The van der Waals surface area contributed by atoms with E-state index in [0.29, 0.717) is 0 Å². The van der Waals surface area contributed by atoms with Crippen LogP contribution in [0.4, 0.5) is 0 Å². The Hall–Kier alpha value is 1.79. The van der Waals surface area contributed by atoms with Crippen LogP contribution in [0.25, 0.3) is 0 Å². The first-order valence-corrected chi connectivity index (χ1v) is 4.95. The monoisotopic (exact) mass is 298 g/mol. The Kier molecular flexibility index (Phi) is 6.70. The zero-order valence-electron chi connectivity index (χ0n) is 2.06. The van der Waals surface area contributed by atoms with Crippen molar-refractivity contribution >= 4 is 51.4 Å². The first-order chi connectivity index (χ1) is 2.00. The van der Waals surface area contributed by atoms with Gasteiger partial charge in [-0.25, -0.2) is 0 Å². The van der Waals surface area contributed by atoms with Crippen LogP contribution in [0.15, 0.2) is 0 Å². The van der Waals surface area contributed by atoms with Gasteiger partial charge in [-0.05, 0) is 0 Å². The molecule has 6 heteroatoms. The summed E-state index contributed by atoms with van der Waals surface area (Å²) in [5.74, 6) is 0. The van der Waals surface area contributed by atoms with Crippen LogP contribution in [-0.2, 0) is 22.7 Å². The SMILES string of the molecule is [KH].[O]=[Os](=[O])([OH])[OH]. The second kappa shape index (κ2) is 3.75. The fourth-order valence-corrected chi connectivity index (χ4v) is 0. The minimum absolute atomic E-state index is 0. The fourth-order valence-electron chi connectivity index (χ4n) is 0. The van der Waals surface area contributed by atoms with Gasteiger partial charge < -0.3 is 0 Å². The summed E-state index contributed by atoms with van der Waals surface area (Å²) in [6.45, 7) is 0. The molecular formula is H3KO4Os. The Morgan fingerprint density at radius 2 is 1.17 bits per heavy atom. The Morgan fingerprint density at radius 3 is 1.17 bits per heavy atom. The zero-order chi connectivity index (χ0) is 4.50. The first-order valence-electron chi connectivity index (χ1n) is 0.605. The third-order valence-corrected chi connectivity index (χ3v) is 0. The van der Waals surface area contributed by atoms with Crippen molar-refractivity contribution in [3.8, 4) is 0 Å². The second-order valence-corrected chi connectivity index (χ2v) is 3.17. The van der Waals surface area contributed by atoms with Crippen LogP contribution in [0.2, 0.25) is 0 Å². The van der Waals surface area contributed by atoms with Gasteiger partial charge >= 0.3 is 81.9 Å². The topological polar surface area (TPSA) is 74.6 Å². The number of hydrogen-bond acceptors (Lipinski definition) is 2.